The van der Waals surface area contributed by atoms with Crippen molar-refractivity contribution in [1.82, 2.24) is 20.9 Å². The van der Waals surface area contributed by atoms with Gasteiger partial charge >= 0.3 is 0 Å². The van der Waals surface area contributed by atoms with Gasteiger partial charge in [0.05, 0.1) is 6.10 Å². The van der Waals surface area contributed by atoms with Crippen molar-refractivity contribution in [2.24, 2.45) is 64.1 Å². The van der Waals surface area contributed by atoms with Crippen molar-refractivity contribution in [2.75, 3.05) is 32.7 Å². The van der Waals surface area contributed by atoms with Crippen LogP contribution >= 0.6 is 0 Å². The summed E-state index contributed by atoms with van der Waals surface area (Å²) in [7, 11) is 0. The first-order valence-electron chi connectivity index (χ1n) is 18.3. The second kappa shape index (κ2) is 10.5. The molecule has 0 aromatic rings. The number of carbonyl (C=O) groups excluding carboxylic acids is 3. The standard InChI is InChI=1S/C36H56N4O4/c1-20-7-10-36(38-15-20)21(2)33-29(44-36)12-28-26-6-5-24-11-25(8-9-34(24,3)27(26)13-30(41)35(28,33)4)39-31(42)14-32(43)40-18-22-16-37-17-23(22)19-40/h20-29,33,37-38H,5-19H2,1-4H3,(H,39,42)/t20-,21+,22?,23?,24+,25-,26-,27+,28+,29+,33+,34+,35-,36-/m1/s1. The number of piperidine rings is 1. The van der Waals surface area contributed by atoms with E-state index in [-0.39, 0.29) is 46.9 Å². The number of hydrogen-bond donors (Lipinski definition) is 3. The SMILES string of the molecule is C[C@@H]1CC[C@@]2(NC1)O[C@H]1C[C@H]3[C@@H]4CC[C@H]5C[C@H](NC(=O)CC(=O)N6CC7CNCC7C6)CC[C@]5(C)[C@H]4CC(=O)[C@]3(C)[C@H]1[C@@H]2C. The first-order chi connectivity index (χ1) is 21.0. The quantitative estimate of drug-likeness (QED) is 0.423. The zero-order valence-electron chi connectivity index (χ0n) is 27.5. The van der Waals surface area contributed by atoms with E-state index in [0.717, 1.165) is 71.2 Å². The Kier molecular flexibility index (Phi) is 7.13. The van der Waals surface area contributed by atoms with E-state index in [1.807, 2.05) is 4.90 Å². The van der Waals surface area contributed by atoms with E-state index < -0.39 is 0 Å². The summed E-state index contributed by atoms with van der Waals surface area (Å²) in [5.41, 5.74) is -0.370. The van der Waals surface area contributed by atoms with Crippen LogP contribution in [0.2, 0.25) is 0 Å². The zero-order chi connectivity index (χ0) is 30.6. The maximum absolute atomic E-state index is 14.4. The van der Waals surface area contributed by atoms with Crippen LogP contribution in [-0.4, -0.2) is 73.1 Å². The molecule has 8 aliphatic rings. The highest BCUT2D eigenvalue weighted by Crippen LogP contribution is 2.70. The Bertz CT molecular complexity index is 1190. The number of nitrogens with zero attached hydrogens (tertiary/aromatic N) is 1. The summed E-state index contributed by atoms with van der Waals surface area (Å²) in [6, 6.07) is 0.138. The maximum atomic E-state index is 14.4. The van der Waals surface area contributed by atoms with Gasteiger partial charge in [-0.25, -0.2) is 0 Å². The summed E-state index contributed by atoms with van der Waals surface area (Å²) in [4.78, 5) is 42.2. The fourth-order valence-corrected chi connectivity index (χ4v) is 12.8. The van der Waals surface area contributed by atoms with Crippen LogP contribution < -0.4 is 16.0 Å². The van der Waals surface area contributed by atoms with Gasteiger partial charge < -0.3 is 20.3 Å². The molecule has 8 rings (SSSR count). The molecule has 0 radical (unpaired) electrons. The molecule has 244 valence electrons. The smallest absolute Gasteiger partial charge is 0.232 e. The lowest BCUT2D eigenvalue weighted by Crippen LogP contribution is -2.60. The molecule has 2 unspecified atom stereocenters. The summed E-state index contributed by atoms with van der Waals surface area (Å²) in [6.45, 7) is 14.1. The lowest BCUT2D eigenvalue weighted by atomic mass is 9.44. The third-order valence-electron chi connectivity index (χ3n) is 15.4. The zero-order valence-corrected chi connectivity index (χ0v) is 27.5. The minimum absolute atomic E-state index is 0.0128. The number of carbonyl (C=O) groups is 3. The fourth-order valence-electron chi connectivity index (χ4n) is 12.8. The number of hydrogen-bond acceptors (Lipinski definition) is 6. The number of fused-ring (bicyclic) bond motifs is 8. The van der Waals surface area contributed by atoms with Crippen LogP contribution in [0.4, 0.5) is 0 Å². The predicted octanol–water partition coefficient (Wildman–Crippen LogP) is 3.74. The average Bonchev–Trinajstić information content (AvgIpc) is 3.72. The minimum Gasteiger partial charge on any atom is -0.357 e. The molecule has 8 fully saturated rings. The molecule has 4 aliphatic heterocycles. The Morgan fingerprint density at radius 3 is 2.48 bits per heavy atom. The van der Waals surface area contributed by atoms with Gasteiger partial charge in [0.1, 0.15) is 17.9 Å². The Morgan fingerprint density at radius 1 is 0.977 bits per heavy atom. The van der Waals surface area contributed by atoms with Gasteiger partial charge in [-0.05, 0) is 98.2 Å². The second-order valence-corrected chi connectivity index (χ2v) is 17.4. The van der Waals surface area contributed by atoms with Gasteiger partial charge in [-0.2, -0.15) is 0 Å². The highest BCUT2D eigenvalue weighted by Gasteiger charge is 2.71. The van der Waals surface area contributed by atoms with E-state index in [2.05, 4.69) is 43.6 Å². The second-order valence-electron chi connectivity index (χ2n) is 17.4. The number of rotatable bonds is 3. The lowest BCUT2D eigenvalue weighted by Gasteiger charge is -2.60. The van der Waals surface area contributed by atoms with Gasteiger partial charge in [0.2, 0.25) is 11.8 Å². The van der Waals surface area contributed by atoms with Crippen LogP contribution in [0.1, 0.15) is 91.9 Å². The first-order valence-corrected chi connectivity index (χ1v) is 18.3. The van der Waals surface area contributed by atoms with Gasteiger partial charge in [-0.15, -0.1) is 0 Å². The van der Waals surface area contributed by atoms with E-state index >= 15 is 0 Å². The molecular weight excluding hydrogens is 552 g/mol. The van der Waals surface area contributed by atoms with Crippen LogP contribution in [0.3, 0.4) is 0 Å². The number of ketones is 1. The van der Waals surface area contributed by atoms with E-state index in [9.17, 15) is 14.4 Å². The van der Waals surface area contributed by atoms with Gasteiger partial charge in [0, 0.05) is 62.4 Å². The molecular formula is C36H56N4O4. The summed E-state index contributed by atoms with van der Waals surface area (Å²) in [5.74, 6) is 4.82. The van der Waals surface area contributed by atoms with Crippen molar-refractivity contribution in [3.05, 3.63) is 0 Å². The normalized spacial score (nSPS) is 52.7. The fraction of sp³-hybridized carbons (Fsp3) is 0.917. The molecule has 0 bridgehead atoms. The Labute approximate surface area is 263 Å². The molecule has 3 N–H and O–H groups in total. The maximum Gasteiger partial charge on any atom is 0.232 e. The monoisotopic (exact) mass is 608 g/mol. The molecule has 44 heavy (non-hydrogen) atoms. The number of nitrogens with one attached hydrogen (secondary N) is 3. The Morgan fingerprint density at radius 2 is 1.75 bits per heavy atom. The summed E-state index contributed by atoms with van der Waals surface area (Å²) >= 11 is 0. The molecule has 4 saturated carbocycles. The molecule has 2 amide bonds. The van der Waals surface area contributed by atoms with Gasteiger partial charge in [-0.1, -0.05) is 27.7 Å². The van der Waals surface area contributed by atoms with Crippen LogP contribution in [-0.2, 0) is 19.1 Å². The van der Waals surface area contributed by atoms with E-state index in [1.54, 1.807) is 0 Å². The molecule has 14 atom stereocenters. The Balaban J connectivity index is 0.910. The highest BCUT2D eigenvalue weighted by molar-refractivity contribution is 5.97. The summed E-state index contributed by atoms with van der Waals surface area (Å²) in [6.07, 6.45) is 9.55. The van der Waals surface area contributed by atoms with E-state index in [4.69, 9.17) is 4.74 Å². The van der Waals surface area contributed by atoms with Crippen molar-refractivity contribution < 1.29 is 19.1 Å². The van der Waals surface area contributed by atoms with Crippen molar-refractivity contribution in [2.45, 2.75) is 110 Å². The van der Waals surface area contributed by atoms with Crippen LogP contribution in [0.25, 0.3) is 0 Å². The Hall–Kier alpha value is -1.51. The molecule has 0 aromatic heterocycles. The topological polar surface area (TPSA) is 99.8 Å². The van der Waals surface area contributed by atoms with Crippen LogP contribution in [0.15, 0.2) is 0 Å². The van der Waals surface area contributed by atoms with Crippen molar-refractivity contribution >= 4 is 17.6 Å². The first kappa shape index (κ1) is 29.9. The number of likely N-dealkylation sites (tertiary alicyclic amines) is 1. The molecule has 0 aromatic carbocycles. The predicted molar refractivity (Wildman–Crippen MR) is 167 cm³/mol. The van der Waals surface area contributed by atoms with Gasteiger partial charge in [0.15, 0.2) is 0 Å². The van der Waals surface area contributed by atoms with Crippen molar-refractivity contribution in [3.8, 4) is 0 Å². The molecule has 4 aliphatic carbocycles. The largest absolute Gasteiger partial charge is 0.357 e. The number of Topliss-reactive ketones (excluding diaryl/α,β-unsaturated/α-hetero) is 1. The molecule has 8 nitrogen and oxygen atoms in total. The highest BCUT2D eigenvalue weighted by atomic mass is 16.5. The number of amides is 2. The summed E-state index contributed by atoms with van der Waals surface area (Å²) < 4.78 is 6.99. The molecule has 1 spiro atoms. The lowest BCUT2D eigenvalue weighted by molar-refractivity contribution is -0.160. The van der Waals surface area contributed by atoms with Gasteiger partial charge in [-0.3, -0.25) is 19.7 Å². The van der Waals surface area contributed by atoms with E-state index in [1.165, 1.54) is 19.3 Å². The summed E-state index contributed by atoms with van der Waals surface area (Å²) in [5, 5.41) is 10.5. The molecule has 4 saturated heterocycles. The van der Waals surface area contributed by atoms with E-state index in [0.29, 0.717) is 59.0 Å². The van der Waals surface area contributed by atoms with Gasteiger partial charge in [0.25, 0.3) is 0 Å². The minimum atomic E-state index is -0.273. The van der Waals surface area contributed by atoms with Crippen LogP contribution in [0, 0.1) is 64.1 Å². The third-order valence-corrected chi connectivity index (χ3v) is 15.4. The van der Waals surface area contributed by atoms with Crippen molar-refractivity contribution in [3.63, 3.8) is 0 Å². The van der Waals surface area contributed by atoms with Crippen molar-refractivity contribution in [1.29, 1.82) is 0 Å². The molecule has 8 heteroatoms. The average molecular weight is 609 g/mol. The number of ether oxygens (including phenoxy) is 1. The van der Waals surface area contributed by atoms with Crippen LogP contribution in [0.5, 0.6) is 0 Å². The third kappa shape index (κ3) is 4.35. The molecule has 4 heterocycles.